The Bertz CT molecular complexity index is 679. The number of sulfonamides is 1. The Morgan fingerprint density at radius 1 is 1.31 bits per heavy atom. The standard InChI is InChI=1S/C17H29N5O3S/c1-2-3-12-26(23,24)22-7-5-15(14-22)13-19-17-18-6-4-16(20-17)21-8-10-25-11-9-21/h4,6,15H,2-3,5,7-14H2,1H3,(H,18,19,20). The first-order valence-corrected chi connectivity index (χ1v) is 11.1. The van der Waals surface area contributed by atoms with Gasteiger partial charge in [0.1, 0.15) is 5.82 Å². The number of hydrogen-bond acceptors (Lipinski definition) is 7. The van der Waals surface area contributed by atoms with Crippen molar-refractivity contribution in [3.05, 3.63) is 12.3 Å². The maximum atomic E-state index is 12.3. The van der Waals surface area contributed by atoms with E-state index in [-0.39, 0.29) is 5.75 Å². The Kier molecular flexibility index (Phi) is 6.66. The van der Waals surface area contributed by atoms with Crippen molar-refractivity contribution in [1.82, 2.24) is 14.3 Å². The van der Waals surface area contributed by atoms with Crippen molar-refractivity contribution in [2.45, 2.75) is 26.2 Å². The van der Waals surface area contributed by atoms with Crippen molar-refractivity contribution in [3.63, 3.8) is 0 Å². The molecule has 0 radical (unpaired) electrons. The normalized spacial score (nSPS) is 21.9. The summed E-state index contributed by atoms with van der Waals surface area (Å²) in [4.78, 5) is 11.1. The van der Waals surface area contributed by atoms with Gasteiger partial charge in [0.2, 0.25) is 16.0 Å². The summed E-state index contributed by atoms with van der Waals surface area (Å²) in [5.74, 6) is 2.05. The first-order chi connectivity index (χ1) is 12.6. The topological polar surface area (TPSA) is 87.7 Å². The summed E-state index contributed by atoms with van der Waals surface area (Å²) in [6, 6.07) is 1.91. The van der Waals surface area contributed by atoms with E-state index in [0.29, 0.717) is 31.5 Å². The maximum absolute atomic E-state index is 12.3. The molecule has 1 unspecified atom stereocenters. The van der Waals surface area contributed by atoms with E-state index in [4.69, 9.17) is 4.74 Å². The molecule has 26 heavy (non-hydrogen) atoms. The van der Waals surface area contributed by atoms with Crippen LogP contribution in [0.4, 0.5) is 11.8 Å². The number of rotatable bonds is 8. The van der Waals surface area contributed by atoms with E-state index in [2.05, 4.69) is 20.2 Å². The average Bonchev–Trinajstić information content (AvgIpc) is 3.16. The van der Waals surface area contributed by atoms with Crippen LogP contribution in [-0.4, -0.2) is 74.4 Å². The van der Waals surface area contributed by atoms with Crippen molar-refractivity contribution in [2.24, 2.45) is 5.92 Å². The van der Waals surface area contributed by atoms with Crippen LogP contribution in [0.1, 0.15) is 26.2 Å². The molecule has 0 spiro atoms. The Morgan fingerprint density at radius 2 is 2.12 bits per heavy atom. The van der Waals surface area contributed by atoms with Gasteiger partial charge in [-0.2, -0.15) is 4.98 Å². The molecule has 1 aromatic rings. The average molecular weight is 384 g/mol. The molecular weight excluding hydrogens is 354 g/mol. The first kappa shape index (κ1) is 19.3. The molecule has 9 heteroatoms. The SMILES string of the molecule is CCCCS(=O)(=O)N1CCC(CNc2nccc(N3CCOCC3)n2)C1. The molecule has 2 fully saturated rings. The van der Waals surface area contributed by atoms with E-state index in [0.717, 1.165) is 51.4 Å². The molecule has 1 aromatic heterocycles. The molecule has 146 valence electrons. The highest BCUT2D eigenvalue weighted by molar-refractivity contribution is 7.89. The van der Waals surface area contributed by atoms with Crippen LogP contribution >= 0.6 is 0 Å². The lowest BCUT2D eigenvalue weighted by Gasteiger charge is -2.27. The van der Waals surface area contributed by atoms with Gasteiger partial charge in [-0.3, -0.25) is 0 Å². The number of anilines is 2. The first-order valence-electron chi connectivity index (χ1n) is 9.46. The molecule has 1 N–H and O–H groups in total. The van der Waals surface area contributed by atoms with Gasteiger partial charge in [-0.15, -0.1) is 0 Å². The van der Waals surface area contributed by atoms with Crippen LogP contribution in [0.3, 0.4) is 0 Å². The maximum Gasteiger partial charge on any atom is 0.224 e. The van der Waals surface area contributed by atoms with Gasteiger partial charge in [-0.1, -0.05) is 13.3 Å². The lowest BCUT2D eigenvalue weighted by Crippen LogP contribution is -2.36. The third-order valence-corrected chi connectivity index (χ3v) is 6.85. The number of morpholine rings is 1. The number of unbranched alkanes of at least 4 members (excludes halogenated alkanes) is 1. The molecule has 8 nitrogen and oxygen atoms in total. The number of nitrogens with zero attached hydrogens (tertiary/aromatic N) is 4. The molecule has 3 heterocycles. The van der Waals surface area contributed by atoms with Crippen LogP contribution in [0, 0.1) is 5.92 Å². The number of ether oxygens (including phenoxy) is 1. The zero-order chi connectivity index (χ0) is 18.4. The van der Waals surface area contributed by atoms with Crippen LogP contribution in [0.5, 0.6) is 0 Å². The Labute approximate surface area is 156 Å². The molecule has 0 saturated carbocycles. The zero-order valence-electron chi connectivity index (χ0n) is 15.4. The molecule has 0 bridgehead atoms. The van der Waals surface area contributed by atoms with Gasteiger partial charge in [-0.25, -0.2) is 17.7 Å². The molecule has 2 saturated heterocycles. The van der Waals surface area contributed by atoms with Crippen LogP contribution in [0.25, 0.3) is 0 Å². The third-order valence-electron chi connectivity index (χ3n) is 4.92. The van der Waals surface area contributed by atoms with Crippen molar-refractivity contribution in [2.75, 3.05) is 61.9 Å². The largest absolute Gasteiger partial charge is 0.378 e. The lowest BCUT2D eigenvalue weighted by molar-refractivity contribution is 0.122. The Balaban J connectivity index is 1.50. The summed E-state index contributed by atoms with van der Waals surface area (Å²) in [5.41, 5.74) is 0. The fourth-order valence-corrected chi connectivity index (χ4v) is 5.04. The molecule has 0 aliphatic carbocycles. The minimum Gasteiger partial charge on any atom is -0.378 e. The van der Waals surface area contributed by atoms with E-state index < -0.39 is 10.0 Å². The minimum absolute atomic E-state index is 0.258. The third kappa shape index (κ3) is 5.05. The number of nitrogens with one attached hydrogen (secondary N) is 1. The van der Waals surface area contributed by atoms with E-state index in [1.165, 1.54) is 0 Å². The predicted octanol–water partition coefficient (Wildman–Crippen LogP) is 1.18. The second-order valence-electron chi connectivity index (χ2n) is 6.90. The van der Waals surface area contributed by atoms with Crippen LogP contribution in [0.15, 0.2) is 12.3 Å². The Hall–Kier alpha value is -1.45. The summed E-state index contributed by atoms with van der Waals surface area (Å²) < 4.78 is 31.6. The van der Waals surface area contributed by atoms with E-state index in [1.54, 1.807) is 10.5 Å². The lowest BCUT2D eigenvalue weighted by atomic mass is 10.1. The summed E-state index contributed by atoms with van der Waals surface area (Å²) in [6.45, 7) is 7.01. The monoisotopic (exact) mass is 383 g/mol. The second kappa shape index (κ2) is 8.96. The van der Waals surface area contributed by atoms with Gasteiger partial charge in [0.25, 0.3) is 0 Å². The smallest absolute Gasteiger partial charge is 0.224 e. The van der Waals surface area contributed by atoms with E-state index in [1.807, 2.05) is 13.0 Å². The molecule has 2 aliphatic rings. The summed E-state index contributed by atoms with van der Waals surface area (Å²) in [6.07, 6.45) is 4.26. The predicted molar refractivity (Wildman–Crippen MR) is 102 cm³/mol. The number of hydrogen-bond donors (Lipinski definition) is 1. The van der Waals surface area contributed by atoms with Crippen molar-refractivity contribution >= 4 is 21.8 Å². The molecule has 0 aromatic carbocycles. The highest BCUT2D eigenvalue weighted by atomic mass is 32.2. The van der Waals surface area contributed by atoms with Crippen LogP contribution < -0.4 is 10.2 Å². The number of aromatic nitrogens is 2. The molecule has 1 atom stereocenters. The van der Waals surface area contributed by atoms with E-state index >= 15 is 0 Å². The van der Waals surface area contributed by atoms with Gasteiger partial charge in [0.15, 0.2) is 0 Å². The zero-order valence-corrected chi connectivity index (χ0v) is 16.2. The summed E-state index contributed by atoms with van der Waals surface area (Å²) in [5, 5.41) is 3.28. The fourth-order valence-electron chi connectivity index (χ4n) is 3.31. The highest BCUT2D eigenvalue weighted by Crippen LogP contribution is 2.21. The summed E-state index contributed by atoms with van der Waals surface area (Å²) >= 11 is 0. The van der Waals surface area contributed by atoms with Crippen LogP contribution in [0.2, 0.25) is 0 Å². The van der Waals surface area contributed by atoms with Crippen LogP contribution in [-0.2, 0) is 14.8 Å². The molecule has 3 rings (SSSR count). The van der Waals surface area contributed by atoms with Gasteiger partial charge in [0.05, 0.1) is 19.0 Å². The highest BCUT2D eigenvalue weighted by Gasteiger charge is 2.30. The molecule has 2 aliphatic heterocycles. The van der Waals surface area contributed by atoms with E-state index in [9.17, 15) is 8.42 Å². The van der Waals surface area contributed by atoms with Gasteiger partial charge in [-0.05, 0) is 24.8 Å². The fraction of sp³-hybridized carbons (Fsp3) is 0.765. The minimum atomic E-state index is -3.10. The summed E-state index contributed by atoms with van der Waals surface area (Å²) in [7, 11) is -3.10. The second-order valence-corrected chi connectivity index (χ2v) is 8.99. The van der Waals surface area contributed by atoms with Crippen molar-refractivity contribution < 1.29 is 13.2 Å². The quantitative estimate of drug-likeness (QED) is 0.721. The van der Waals surface area contributed by atoms with Gasteiger partial charge >= 0.3 is 0 Å². The Morgan fingerprint density at radius 3 is 2.88 bits per heavy atom. The van der Waals surface area contributed by atoms with Crippen molar-refractivity contribution in [1.29, 1.82) is 0 Å². The van der Waals surface area contributed by atoms with Gasteiger partial charge in [0, 0.05) is 38.9 Å². The van der Waals surface area contributed by atoms with Gasteiger partial charge < -0.3 is 15.0 Å². The van der Waals surface area contributed by atoms with Crippen molar-refractivity contribution in [3.8, 4) is 0 Å². The molecule has 0 amide bonds. The molecular formula is C17H29N5O3S.